The zero-order valence-electron chi connectivity index (χ0n) is 12.4. The highest BCUT2D eigenvalue weighted by Crippen LogP contribution is 2.31. The number of carbonyl (C=O) groups excluding carboxylic acids is 1. The molecule has 1 aliphatic heterocycles. The van der Waals surface area contributed by atoms with Crippen LogP contribution in [0.3, 0.4) is 0 Å². The van der Waals surface area contributed by atoms with Gasteiger partial charge in [0.15, 0.2) is 0 Å². The predicted molar refractivity (Wildman–Crippen MR) is 74.4 cm³/mol. The van der Waals surface area contributed by atoms with Crippen LogP contribution in [0.2, 0.25) is 0 Å². The van der Waals surface area contributed by atoms with Gasteiger partial charge in [-0.15, -0.1) is 0 Å². The van der Waals surface area contributed by atoms with E-state index < -0.39 is 17.5 Å². The van der Waals surface area contributed by atoms with Crippen LogP contribution in [0.5, 0.6) is 0 Å². The van der Waals surface area contributed by atoms with Crippen molar-refractivity contribution in [3.05, 3.63) is 0 Å². The van der Waals surface area contributed by atoms with Crippen LogP contribution >= 0.6 is 0 Å². The van der Waals surface area contributed by atoms with Gasteiger partial charge in [-0.25, -0.2) is 0 Å². The highest BCUT2D eigenvalue weighted by molar-refractivity contribution is 5.83. The Labute approximate surface area is 120 Å². The molecule has 0 aromatic carbocycles. The van der Waals surface area contributed by atoms with Gasteiger partial charge in [-0.05, 0) is 32.6 Å². The summed E-state index contributed by atoms with van der Waals surface area (Å²) in [7, 11) is 0. The van der Waals surface area contributed by atoms with Crippen LogP contribution in [-0.4, -0.2) is 47.2 Å². The van der Waals surface area contributed by atoms with E-state index in [-0.39, 0.29) is 12.0 Å². The zero-order valence-corrected chi connectivity index (χ0v) is 12.4. The molecule has 1 aliphatic carbocycles. The molecule has 2 fully saturated rings. The molecule has 0 bridgehead atoms. The van der Waals surface area contributed by atoms with Crippen LogP contribution in [0.4, 0.5) is 0 Å². The van der Waals surface area contributed by atoms with E-state index in [1.165, 1.54) is 12.8 Å². The summed E-state index contributed by atoms with van der Waals surface area (Å²) in [5, 5.41) is 9.23. The number of aliphatic carboxylic acids is 1. The molecule has 5 nitrogen and oxygen atoms in total. The number of nitrogens with zero attached hydrogens (tertiary/aromatic N) is 1. The molecule has 1 saturated carbocycles. The summed E-state index contributed by atoms with van der Waals surface area (Å²) < 4.78 is 5.92. The summed E-state index contributed by atoms with van der Waals surface area (Å²) in [5.74, 6) is -0.859. The summed E-state index contributed by atoms with van der Waals surface area (Å²) in [6, 6.07) is 0. The summed E-state index contributed by atoms with van der Waals surface area (Å²) in [5.41, 5.74) is -0.804. The highest BCUT2D eigenvalue weighted by atomic mass is 16.5. The van der Waals surface area contributed by atoms with Crippen molar-refractivity contribution < 1.29 is 19.4 Å². The average Bonchev–Trinajstić information content (AvgIpc) is 3.05. The number of rotatable bonds is 5. The molecule has 0 radical (unpaired) electrons. The van der Waals surface area contributed by atoms with Crippen molar-refractivity contribution in [2.75, 3.05) is 13.1 Å². The molecule has 1 N–H and O–H groups in total. The summed E-state index contributed by atoms with van der Waals surface area (Å²) in [6.07, 6.45) is 5.40. The molecule has 2 aliphatic rings. The predicted octanol–water partition coefficient (Wildman–Crippen LogP) is 2.05. The molecular weight excluding hydrogens is 258 g/mol. The molecule has 0 spiro atoms. The first kappa shape index (κ1) is 15.3. The maximum absolute atomic E-state index is 12.5. The van der Waals surface area contributed by atoms with Crippen LogP contribution in [0, 0.1) is 5.41 Å². The first-order valence-electron chi connectivity index (χ1n) is 7.64. The Morgan fingerprint density at radius 3 is 2.55 bits per heavy atom. The van der Waals surface area contributed by atoms with Gasteiger partial charge in [-0.3, -0.25) is 9.59 Å². The van der Waals surface area contributed by atoms with Gasteiger partial charge in [0.05, 0.1) is 11.5 Å². The van der Waals surface area contributed by atoms with Gasteiger partial charge in [0.1, 0.15) is 6.10 Å². The molecule has 1 amide bonds. The van der Waals surface area contributed by atoms with Crippen molar-refractivity contribution in [2.45, 2.75) is 64.6 Å². The third-order valence-electron chi connectivity index (χ3n) is 4.61. The molecule has 5 heteroatoms. The minimum atomic E-state index is -0.822. The Bertz CT molecular complexity index is 378. The van der Waals surface area contributed by atoms with Crippen LogP contribution in [0.1, 0.15) is 52.4 Å². The van der Waals surface area contributed by atoms with E-state index in [4.69, 9.17) is 4.74 Å². The third kappa shape index (κ3) is 3.14. The van der Waals surface area contributed by atoms with Gasteiger partial charge in [-0.1, -0.05) is 19.8 Å². The quantitative estimate of drug-likeness (QED) is 0.838. The Morgan fingerprint density at radius 2 is 2.05 bits per heavy atom. The molecule has 20 heavy (non-hydrogen) atoms. The lowest BCUT2D eigenvalue weighted by molar-refractivity contribution is -0.150. The van der Waals surface area contributed by atoms with Crippen molar-refractivity contribution in [1.29, 1.82) is 0 Å². The van der Waals surface area contributed by atoms with Gasteiger partial charge in [0, 0.05) is 13.1 Å². The second-order valence-corrected chi connectivity index (χ2v) is 6.32. The molecule has 2 rings (SSSR count). The fraction of sp³-hybridized carbons (Fsp3) is 0.867. The van der Waals surface area contributed by atoms with Gasteiger partial charge in [0.2, 0.25) is 0 Å². The van der Waals surface area contributed by atoms with Crippen LogP contribution in [0.25, 0.3) is 0 Å². The Kier molecular flexibility index (Phi) is 4.68. The van der Waals surface area contributed by atoms with Crippen LogP contribution in [0.15, 0.2) is 0 Å². The molecule has 0 aromatic heterocycles. The minimum absolute atomic E-state index is 0.0376. The zero-order chi connectivity index (χ0) is 14.8. The molecule has 2 unspecified atom stereocenters. The van der Waals surface area contributed by atoms with E-state index in [1.807, 2.05) is 6.92 Å². The molecular formula is C15H25NO4. The molecule has 114 valence electrons. The second kappa shape index (κ2) is 6.12. The number of hydrogen-bond donors (Lipinski definition) is 1. The Hall–Kier alpha value is -1.10. The van der Waals surface area contributed by atoms with Gasteiger partial charge in [-0.2, -0.15) is 0 Å². The monoisotopic (exact) mass is 283 g/mol. The topological polar surface area (TPSA) is 66.8 Å². The van der Waals surface area contributed by atoms with Crippen molar-refractivity contribution in [1.82, 2.24) is 4.90 Å². The maximum Gasteiger partial charge on any atom is 0.311 e. The number of carboxylic acids is 1. The SMILES string of the molecule is CCC(OC1CCCC1)C(=O)N1CCC(C)(C(=O)O)C1. The fourth-order valence-electron chi connectivity index (χ4n) is 3.11. The number of likely N-dealkylation sites (tertiary alicyclic amines) is 1. The first-order chi connectivity index (χ1) is 9.46. The van der Waals surface area contributed by atoms with Crippen LogP contribution in [-0.2, 0) is 14.3 Å². The maximum atomic E-state index is 12.5. The second-order valence-electron chi connectivity index (χ2n) is 6.32. The van der Waals surface area contributed by atoms with Gasteiger partial charge in [0.25, 0.3) is 5.91 Å². The number of ether oxygens (including phenoxy) is 1. The lowest BCUT2D eigenvalue weighted by Gasteiger charge is -2.26. The smallest absolute Gasteiger partial charge is 0.311 e. The summed E-state index contributed by atoms with van der Waals surface area (Å²) in [6.45, 7) is 4.48. The van der Waals surface area contributed by atoms with Crippen molar-refractivity contribution >= 4 is 11.9 Å². The summed E-state index contributed by atoms with van der Waals surface area (Å²) >= 11 is 0. The molecule has 2 atom stereocenters. The molecule has 1 heterocycles. The minimum Gasteiger partial charge on any atom is -0.481 e. The number of hydrogen-bond acceptors (Lipinski definition) is 3. The van der Waals surface area contributed by atoms with E-state index in [1.54, 1.807) is 11.8 Å². The Balaban J connectivity index is 1.93. The van der Waals surface area contributed by atoms with Crippen molar-refractivity contribution in [2.24, 2.45) is 5.41 Å². The van der Waals surface area contributed by atoms with E-state index in [0.29, 0.717) is 25.9 Å². The Morgan fingerprint density at radius 1 is 1.40 bits per heavy atom. The van der Waals surface area contributed by atoms with Crippen molar-refractivity contribution in [3.63, 3.8) is 0 Å². The fourth-order valence-corrected chi connectivity index (χ4v) is 3.11. The van der Waals surface area contributed by atoms with Crippen LogP contribution < -0.4 is 0 Å². The first-order valence-corrected chi connectivity index (χ1v) is 7.64. The standard InChI is InChI=1S/C15H25NO4/c1-3-12(20-11-6-4-5-7-11)13(17)16-9-8-15(2,10-16)14(18)19/h11-12H,3-10H2,1-2H3,(H,18,19). The van der Waals surface area contributed by atoms with E-state index in [0.717, 1.165) is 12.8 Å². The largest absolute Gasteiger partial charge is 0.481 e. The normalized spacial score (nSPS) is 28.8. The van der Waals surface area contributed by atoms with Gasteiger partial charge < -0.3 is 14.7 Å². The third-order valence-corrected chi connectivity index (χ3v) is 4.61. The van der Waals surface area contributed by atoms with Gasteiger partial charge >= 0.3 is 5.97 Å². The van der Waals surface area contributed by atoms with E-state index >= 15 is 0 Å². The summed E-state index contributed by atoms with van der Waals surface area (Å²) in [4.78, 5) is 25.4. The number of carbonyl (C=O) groups is 2. The lowest BCUT2D eigenvalue weighted by atomic mass is 9.90. The number of amides is 1. The molecule has 0 aromatic rings. The highest BCUT2D eigenvalue weighted by Gasteiger charge is 2.43. The average molecular weight is 283 g/mol. The number of carboxylic acid groups (broad SMARTS) is 1. The van der Waals surface area contributed by atoms with E-state index in [2.05, 4.69) is 0 Å². The molecule has 1 saturated heterocycles. The van der Waals surface area contributed by atoms with Crippen molar-refractivity contribution in [3.8, 4) is 0 Å². The lowest BCUT2D eigenvalue weighted by Crippen LogP contribution is -2.42. The van der Waals surface area contributed by atoms with E-state index in [9.17, 15) is 14.7 Å².